The third-order valence-electron chi connectivity index (χ3n) is 2.45. The van der Waals surface area contributed by atoms with Crippen molar-refractivity contribution in [1.29, 1.82) is 0 Å². The molecule has 15 heavy (non-hydrogen) atoms. The lowest BCUT2D eigenvalue weighted by molar-refractivity contribution is -0.114. The molecule has 4 heteroatoms. The molecule has 0 saturated carbocycles. The first-order valence-electron chi connectivity index (χ1n) is 4.80. The molecule has 0 bridgehead atoms. The summed E-state index contributed by atoms with van der Waals surface area (Å²) in [5.74, 6) is -0.934. The van der Waals surface area contributed by atoms with E-state index in [0.29, 0.717) is 16.9 Å². The first-order chi connectivity index (χ1) is 7.02. The van der Waals surface area contributed by atoms with E-state index in [9.17, 15) is 9.59 Å². The monoisotopic (exact) mass is 204 g/mol. The summed E-state index contributed by atoms with van der Waals surface area (Å²) in [7, 11) is 0. The van der Waals surface area contributed by atoms with Gasteiger partial charge in [-0.2, -0.15) is 0 Å². The van der Waals surface area contributed by atoms with Crippen molar-refractivity contribution in [2.45, 2.75) is 19.9 Å². The van der Waals surface area contributed by atoms with E-state index < -0.39 is 11.7 Å². The quantitative estimate of drug-likeness (QED) is 0.552. The molecule has 0 radical (unpaired) electrons. The maximum Gasteiger partial charge on any atom is 0.299 e. The molecule has 0 aromatic heterocycles. The molecule has 1 aromatic rings. The number of nitrogen functional groups attached to an aromatic ring is 1. The van der Waals surface area contributed by atoms with Crippen LogP contribution < -0.4 is 10.6 Å². The largest absolute Gasteiger partial charge is 0.399 e. The van der Waals surface area contributed by atoms with E-state index >= 15 is 0 Å². The van der Waals surface area contributed by atoms with E-state index in [1.807, 2.05) is 13.8 Å². The van der Waals surface area contributed by atoms with Crippen LogP contribution in [0.5, 0.6) is 0 Å². The Hall–Kier alpha value is -1.84. The van der Waals surface area contributed by atoms with Crippen LogP contribution in [-0.2, 0) is 4.79 Å². The Morgan fingerprint density at radius 3 is 2.53 bits per heavy atom. The number of carbonyl (C=O) groups is 2. The summed E-state index contributed by atoms with van der Waals surface area (Å²) in [6.07, 6.45) is 0. The zero-order chi connectivity index (χ0) is 11.2. The van der Waals surface area contributed by atoms with Crippen molar-refractivity contribution in [3.8, 4) is 0 Å². The molecule has 0 atom stereocenters. The summed E-state index contributed by atoms with van der Waals surface area (Å²) in [4.78, 5) is 24.8. The normalized spacial score (nSPS) is 15.0. The molecule has 4 nitrogen and oxygen atoms in total. The van der Waals surface area contributed by atoms with Gasteiger partial charge in [0, 0.05) is 11.7 Å². The molecular formula is C11H12N2O2. The number of rotatable bonds is 1. The van der Waals surface area contributed by atoms with Crippen molar-refractivity contribution in [2.24, 2.45) is 0 Å². The lowest BCUT2D eigenvalue weighted by Gasteiger charge is -2.20. The van der Waals surface area contributed by atoms with E-state index in [1.54, 1.807) is 18.2 Å². The minimum Gasteiger partial charge on any atom is -0.399 e. The molecule has 0 saturated heterocycles. The first-order valence-corrected chi connectivity index (χ1v) is 4.80. The van der Waals surface area contributed by atoms with E-state index in [0.717, 1.165) is 0 Å². The highest BCUT2D eigenvalue weighted by Gasteiger charge is 2.37. The van der Waals surface area contributed by atoms with Gasteiger partial charge in [0.2, 0.25) is 0 Å². The lowest BCUT2D eigenvalue weighted by Crippen LogP contribution is -2.35. The van der Waals surface area contributed by atoms with Crippen LogP contribution in [0.1, 0.15) is 24.2 Å². The van der Waals surface area contributed by atoms with Crippen molar-refractivity contribution in [3.05, 3.63) is 23.8 Å². The maximum atomic E-state index is 11.7. The van der Waals surface area contributed by atoms with Crippen LogP contribution in [0, 0.1) is 0 Å². The van der Waals surface area contributed by atoms with Crippen LogP contribution >= 0.6 is 0 Å². The Morgan fingerprint density at radius 1 is 1.27 bits per heavy atom. The Kier molecular flexibility index (Phi) is 2.00. The second-order valence-electron chi connectivity index (χ2n) is 3.87. The molecule has 1 aliphatic heterocycles. The fourth-order valence-electron chi connectivity index (χ4n) is 1.79. The molecule has 0 fully saturated rings. The molecule has 78 valence electrons. The Bertz CT molecular complexity index is 452. The summed E-state index contributed by atoms with van der Waals surface area (Å²) in [5, 5.41) is 0. The highest BCUT2D eigenvalue weighted by atomic mass is 16.2. The highest BCUT2D eigenvalue weighted by Crippen LogP contribution is 2.31. The average molecular weight is 204 g/mol. The minimum atomic E-state index is -0.467. The van der Waals surface area contributed by atoms with Gasteiger partial charge < -0.3 is 10.6 Å². The van der Waals surface area contributed by atoms with Gasteiger partial charge in [0.05, 0.1) is 11.3 Å². The van der Waals surface area contributed by atoms with Gasteiger partial charge in [0.25, 0.3) is 11.7 Å². The molecule has 1 aromatic carbocycles. The van der Waals surface area contributed by atoms with Gasteiger partial charge in [-0.05, 0) is 32.0 Å². The number of carbonyl (C=O) groups excluding carboxylic acids is 2. The number of amides is 1. The van der Waals surface area contributed by atoms with Crippen molar-refractivity contribution in [1.82, 2.24) is 0 Å². The van der Waals surface area contributed by atoms with Gasteiger partial charge in [-0.15, -0.1) is 0 Å². The van der Waals surface area contributed by atoms with E-state index in [-0.39, 0.29) is 6.04 Å². The molecule has 0 spiro atoms. The maximum absolute atomic E-state index is 11.7. The lowest BCUT2D eigenvalue weighted by atomic mass is 10.1. The number of Topliss-reactive ketones (excluding diaryl/α,β-unsaturated/α-hetero) is 1. The van der Waals surface area contributed by atoms with Crippen molar-refractivity contribution >= 4 is 23.1 Å². The Morgan fingerprint density at radius 2 is 1.93 bits per heavy atom. The number of nitrogens with zero attached hydrogens (tertiary/aromatic N) is 1. The van der Waals surface area contributed by atoms with E-state index in [4.69, 9.17) is 5.73 Å². The SMILES string of the molecule is CC(C)N1C(=O)C(=O)c2cc(N)ccc21. The third kappa shape index (κ3) is 1.29. The van der Waals surface area contributed by atoms with Crippen LogP contribution in [0.3, 0.4) is 0 Å². The highest BCUT2D eigenvalue weighted by molar-refractivity contribution is 6.52. The Labute approximate surface area is 87.7 Å². The summed E-state index contributed by atoms with van der Waals surface area (Å²) < 4.78 is 0. The number of anilines is 2. The number of nitrogens with two attached hydrogens (primary N) is 1. The average Bonchev–Trinajstić information content (AvgIpc) is 2.41. The molecule has 2 N–H and O–H groups in total. The molecular weight excluding hydrogens is 192 g/mol. The zero-order valence-electron chi connectivity index (χ0n) is 8.65. The smallest absolute Gasteiger partial charge is 0.299 e. The summed E-state index contributed by atoms with van der Waals surface area (Å²) in [6.45, 7) is 3.74. The van der Waals surface area contributed by atoms with Crippen LogP contribution in [0.15, 0.2) is 18.2 Å². The summed E-state index contributed by atoms with van der Waals surface area (Å²) in [6, 6.07) is 4.94. The molecule has 0 aliphatic carbocycles. The van der Waals surface area contributed by atoms with Crippen LogP contribution in [0.25, 0.3) is 0 Å². The van der Waals surface area contributed by atoms with Gasteiger partial charge in [-0.1, -0.05) is 0 Å². The van der Waals surface area contributed by atoms with Crippen molar-refractivity contribution in [3.63, 3.8) is 0 Å². The molecule has 2 rings (SSSR count). The Balaban J connectivity index is 2.60. The van der Waals surface area contributed by atoms with Gasteiger partial charge in [0.1, 0.15) is 0 Å². The van der Waals surface area contributed by atoms with E-state index in [2.05, 4.69) is 0 Å². The fraction of sp³-hybridized carbons (Fsp3) is 0.273. The number of hydrogen-bond acceptors (Lipinski definition) is 3. The second-order valence-corrected chi connectivity index (χ2v) is 3.87. The van der Waals surface area contributed by atoms with Gasteiger partial charge in [-0.3, -0.25) is 9.59 Å². The van der Waals surface area contributed by atoms with Gasteiger partial charge >= 0.3 is 0 Å². The van der Waals surface area contributed by atoms with E-state index in [1.165, 1.54) is 4.90 Å². The minimum absolute atomic E-state index is 0.0219. The van der Waals surface area contributed by atoms with Crippen LogP contribution in [0.2, 0.25) is 0 Å². The fourth-order valence-corrected chi connectivity index (χ4v) is 1.79. The predicted molar refractivity (Wildman–Crippen MR) is 57.8 cm³/mol. The molecule has 1 aliphatic rings. The zero-order valence-corrected chi connectivity index (χ0v) is 8.65. The number of hydrogen-bond donors (Lipinski definition) is 1. The number of ketones is 1. The third-order valence-corrected chi connectivity index (χ3v) is 2.45. The van der Waals surface area contributed by atoms with Gasteiger partial charge in [0.15, 0.2) is 0 Å². The van der Waals surface area contributed by atoms with Crippen LogP contribution in [0.4, 0.5) is 11.4 Å². The standard InChI is InChI=1S/C11H12N2O2/c1-6(2)13-9-4-3-7(12)5-8(9)10(14)11(13)15/h3-6H,12H2,1-2H3. The first kappa shape index (κ1) is 9.71. The summed E-state index contributed by atoms with van der Waals surface area (Å²) >= 11 is 0. The van der Waals surface area contributed by atoms with Crippen LogP contribution in [-0.4, -0.2) is 17.7 Å². The number of fused-ring (bicyclic) bond motifs is 1. The van der Waals surface area contributed by atoms with Gasteiger partial charge in [-0.25, -0.2) is 0 Å². The second kappa shape index (κ2) is 3.08. The van der Waals surface area contributed by atoms with Crippen molar-refractivity contribution in [2.75, 3.05) is 10.6 Å². The molecule has 0 unspecified atom stereocenters. The number of benzene rings is 1. The predicted octanol–water partition coefficient (Wildman–Crippen LogP) is 1.21. The van der Waals surface area contributed by atoms with Crippen molar-refractivity contribution < 1.29 is 9.59 Å². The molecule has 1 amide bonds. The topological polar surface area (TPSA) is 63.4 Å². The molecule has 1 heterocycles. The summed E-state index contributed by atoms with van der Waals surface area (Å²) in [5.41, 5.74) is 7.15.